The molecule has 216 valence electrons. The molecule has 0 radical (unpaired) electrons. The molecule has 10 heteroatoms. The zero-order valence-corrected chi connectivity index (χ0v) is 23.3. The first-order valence-corrected chi connectivity index (χ1v) is 14.4. The fraction of sp³-hybridized carbons (Fsp3) is 0.452. The van der Waals surface area contributed by atoms with E-state index in [2.05, 4.69) is 4.90 Å². The van der Waals surface area contributed by atoms with Crippen LogP contribution in [0.5, 0.6) is 11.5 Å². The summed E-state index contributed by atoms with van der Waals surface area (Å²) in [6, 6.07) is 12.1. The summed E-state index contributed by atoms with van der Waals surface area (Å²) in [6.45, 7) is 7.01. The number of anilines is 1. The van der Waals surface area contributed by atoms with Crippen molar-refractivity contribution in [2.75, 3.05) is 64.1 Å². The number of fused-ring (bicyclic) bond motifs is 3. The minimum absolute atomic E-state index is 0.182. The van der Waals surface area contributed by atoms with Crippen molar-refractivity contribution in [1.29, 1.82) is 0 Å². The van der Waals surface area contributed by atoms with Gasteiger partial charge < -0.3 is 29.1 Å². The molecule has 0 saturated carbocycles. The second kappa shape index (κ2) is 11.2. The van der Waals surface area contributed by atoms with Crippen molar-refractivity contribution in [3.8, 4) is 11.5 Å². The molecule has 4 aliphatic rings. The number of nitrogens with zero attached hydrogens (tertiary/aromatic N) is 3. The number of para-hydroxylation sites is 1. The topological polar surface area (TPSA) is 109 Å². The minimum Gasteiger partial charge on any atom is -0.507 e. The van der Waals surface area contributed by atoms with Crippen LogP contribution < -0.4 is 14.4 Å². The van der Waals surface area contributed by atoms with E-state index in [1.54, 1.807) is 35.2 Å². The van der Waals surface area contributed by atoms with Gasteiger partial charge in [-0.3, -0.25) is 19.3 Å². The lowest BCUT2D eigenvalue weighted by Gasteiger charge is -2.35. The number of morpholine rings is 1. The Morgan fingerprint density at radius 2 is 1.66 bits per heavy atom. The van der Waals surface area contributed by atoms with Crippen molar-refractivity contribution < 1.29 is 33.7 Å². The van der Waals surface area contributed by atoms with Crippen molar-refractivity contribution in [1.82, 2.24) is 9.80 Å². The number of Topliss-reactive ketones (excluding diaryl/α,β-unsaturated/α-hetero) is 1. The minimum atomic E-state index is -1.76. The van der Waals surface area contributed by atoms with Crippen LogP contribution >= 0.6 is 0 Å². The first-order chi connectivity index (χ1) is 20.0. The molecule has 1 atom stereocenters. The Bertz CT molecular complexity index is 1400. The highest BCUT2D eigenvalue weighted by atomic mass is 16.6. The third-order valence-corrected chi connectivity index (χ3v) is 8.32. The van der Waals surface area contributed by atoms with E-state index in [1.165, 1.54) is 4.90 Å². The Morgan fingerprint density at radius 3 is 2.44 bits per heavy atom. The zero-order valence-electron chi connectivity index (χ0n) is 23.3. The van der Waals surface area contributed by atoms with Crippen LogP contribution in [0.2, 0.25) is 0 Å². The molecule has 1 N–H and O–H groups in total. The standard InChI is InChI=1S/C31H35N3O7/c1-2-3-12-33-23-8-5-4-7-22(23)31(30(33)38)26(27(35)21-9-10-24-25(20-21)41-19-18-40-24)28(36)29(37)34(31)13-6-11-32-14-16-39-17-15-32/h4-5,7-10,20,35H,2-3,6,11-19H2,1H3. The summed E-state index contributed by atoms with van der Waals surface area (Å²) >= 11 is 0. The van der Waals surface area contributed by atoms with Gasteiger partial charge in [0, 0.05) is 43.9 Å². The van der Waals surface area contributed by atoms with Crippen LogP contribution in [0.3, 0.4) is 0 Å². The van der Waals surface area contributed by atoms with Gasteiger partial charge in [0.15, 0.2) is 17.0 Å². The normalized spacial score (nSPS) is 23.5. The smallest absolute Gasteiger partial charge is 0.296 e. The van der Waals surface area contributed by atoms with Gasteiger partial charge in [-0.05, 0) is 37.1 Å². The molecule has 2 aromatic rings. The first-order valence-electron chi connectivity index (χ1n) is 14.4. The van der Waals surface area contributed by atoms with E-state index in [4.69, 9.17) is 14.2 Å². The highest BCUT2D eigenvalue weighted by molar-refractivity contribution is 6.50. The van der Waals surface area contributed by atoms with Crippen molar-refractivity contribution in [3.63, 3.8) is 0 Å². The Kier molecular flexibility index (Phi) is 7.44. The van der Waals surface area contributed by atoms with Crippen LogP contribution in [0.25, 0.3) is 5.76 Å². The highest BCUT2D eigenvalue weighted by Gasteiger charge is 2.66. The number of ketones is 1. The molecule has 10 nitrogen and oxygen atoms in total. The maximum Gasteiger partial charge on any atom is 0.296 e. The molecular formula is C31H35N3O7. The summed E-state index contributed by atoms with van der Waals surface area (Å²) in [4.78, 5) is 47.6. The number of carbonyl (C=O) groups excluding carboxylic acids is 3. The number of rotatable bonds is 8. The van der Waals surface area contributed by atoms with Gasteiger partial charge in [-0.15, -0.1) is 0 Å². The van der Waals surface area contributed by atoms with Gasteiger partial charge >= 0.3 is 0 Å². The van der Waals surface area contributed by atoms with E-state index in [1.807, 2.05) is 19.1 Å². The Balaban J connectivity index is 1.48. The molecular weight excluding hydrogens is 526 g/mol. The summed E-state index contributed by atoms with van der Waals surface area (Å²) in [6.07, 6.45) is 2.18. The van der Waals surface area contributed by atoms with E-state index < -0.39 is 28.9 Å². The molecule has 2 fully saturated rings. The van der Waals surface area contributed by atoms with E-state index in [0.717, 1.165) is 25.9 Å². The number of unbranched alkanes of at least 4 members (excludes halogenated alkanes) is 1. The number of aliphatic hydroxyl groups excluding tert-OH is 1. The number of benzene rings is 2. The number of hydrogen-bond donors (Lipinski definition) is 1. The summed E-state index contributed by atoms with van der Waals surface area (Å²) < 4.78 is 16.8. The predicted molar refractivity (Wildman–Crippen MR) is 151 cm³/mol. The molecule has 6 rings (SSSR count). The second-order valence-electron chi connectivity index (χ2n) is 10.7. The molecule has 2 amide bonds. The summed E-state index contributed by atoms with van der Waals surface area (Å²) in [5.74, 6) is -1.50. The summed E-state index contributed by atoms with van der Waals surface area (Å²) in [7, 11) is 0. The molecule has 1 spiro atoms. The third kappa shape index (κ3) is 4.46. The van der Waals surface area contributed by atoms with Crippen LogP contribution in [0.4, 0.5) is 5.69 Å². The van der Waals surface area contributed by atoms with Crippen LogP contribution in [0.1, 0.15) is 37.3 Å². The Labute approximate surface area is 239 Å². The number of carbonyl (C=O) groups is 3. The van der Waals surface area contributed by atoms with Gasteiger partial charge in [-0.2, -0.15) is 0 Å². The number of likely N-dealkylation sites (tertiary alicyclic amines) is 1. The SMILES string of the molecule is CCCCN1C(=O)C2(C(=C(O)c3ccc4c(c3)OCCO4)C(=O)C(=O)N2CCCN2CCOCC2)c2ccccc21. The molecule has 4 aliphatic heterocycles. The number of aliphatic hydroxyl groups is 1. The Morgan fingerprint density at radius 1 is 0.902 bits per heavy atom. The van der Waals surface area contributed by atoms with Gasteiger partial charge in [0.25, 0.3) is 17.6 Å². The van der Waals surface area contributed by atoms with Crippen molar-refractivity contribution in [2.45, 2.75) is 31.7 Å². The summed E-state index contributed by atoms with van der Waals surface area (Å²) in [5, 5.41) is 11.8. The molecule has 0 bridgehead atoms. The molecule has 0 aromatic heterocycles. The molecule has 1 unspecified atom stereocenters. The van der Waals surface area contributed by atoms with Crippen LogP contribution in [-0.2, 0) is 24.7 Å². The quantitative estimate of drug-likeness (QED) is 0.298. The van der Waals surface area contributed by atoms with E-state index >= 15 is 0 Å². The van der Waals surface area contributed by atoms with Crippen LogP contribution in [0.15, 0.2) is 48.0 Å². The maximum atomic E-state index is 14.6. The average molecular weight is 562 g/mol. The lowest BCUT2D eigenvalue weighted by atomic mass is 9.81. The van der Waals surface area contributed by atoms with E-state index in [-0.39, 0.29) is 17.7 Å². The molecule has 41 heavy (non-hydrogen) atoms. The van der Waals surface area contributed by atoms with Crippen molar-refractivity contribution >= 4 is 29.0 Å². The lowest BCUT2D eigenvalue weighted by Crippen LogP contribution is -2.52. The van der Waals surface area contributed by atoms with E-state index in [9.17, 15) is 19.5 Å². The van der Waals surface area contributed by atoms with Crippen LogP contribution in [-0.4, -0.2) is 91.7 Å². The fourth-order valence-electron chi connectivity index (χ4n) is 6.32. The zero-order chi connectivity index (χ0) is 28.6. The van der Waals surface area contributed by atoms with Gasteiger partial charge in [0.1, 0.15) is 19.0 Å². The van der Waals surface area contributed by atoms with Crippen molar-refractivity contribution in [3.05, 3.63) is 59.2 Å². The monoisotopic (exact) mass is 561 g/mol. The molecule has 4 heterocycles. The van der Waals surface area contributed by atoms with Crippen LogP contribution in [0, 0.1) is 0 Å². The van der Waals surface area contributed by atoms with Gasteiger partial charge in [-0.1, -0.05) is 31.5 Å². The highest BCUT2D eigenvalue weighted by Crippen LogP contribution is 2.54. The first kappa shape index (κ1) is 27.3. The molecule has 2 saturated heterocycles. The largest absolute Gasteiger partial charge is 0.507 e. The van der Waals surface area contributed by atoms with E-state index in [0.29, 0.717) is 68.7 Å². The predicted octanol–water partition coefficient (Wildman–Crippen LogP) is 2.90. The third-order valence-electron chi connectivity index (χ3n) is 8.32. The van der Waals surface area contributed by atoms with Gasteiger partial charge in [0.2, 0.25) is 0 Å². The molecule has 0 aliphatic carbocycles. The number of amides is 2. The average Bonchev–Trinajstić information content (AvgIpc) is 3.38. The maximum absolute atomic E-state index is 14.6. The van der Waals surface area contributed by atoms with Crippen molar-refractivity contribution in [2.24, 2.45) is 0 Å². The lowest BCUT2D eigenvalue weighted by molar-refractivity contribution is -0.143. The summed E-state index contributed by atoms with van der Waals surface area (Å²) in [5.41, 5.74) is -0.509. The number of hydrogen-bond acceptors (Lipinski definition) is 8. The Hall–Kier alpha value is -3.89. The second-order valence-corrected chi connectivity index (χ2v) is 10.7. The number of ether oxygens (including phenoxy) is 3. The van der Waals surface area contributed by atoms with Gasteiger partial charge in [0.05, 0.1) is 24.5 Å². The van der Waals surface area contributed by atoms with Gasteiger partial charge in [-0.25, -0.2) is 0 Å². The fourth-order valence-corrected chi connectivity index (χ4v) is 6.32. The molecule has 2 aromatic carbocycles.